The third-order valence-electron chi connectivity index (χ3n) is 6.37. The number of carbonyl (C=O) groups excluding carboxylic acids is 3. The van der Waals surface area contributed by atoms with Crippen LogP contribution in [0.5, 0.6) is 0 Å². The number of hydrogen-bond donors (Lipinski definition) is 0. The third-order valence-corrected chi connectivity index (χ3v) is 7.25. The summed E-state index contributed by atoms with van der Waals surface area (Å²) in [5, 5.41) is 0. The minimum absolute atomic E-state index is 0.0507. The molecule has 1 fully saturated rings. The summed E-state index contributed by atoms with van der Waals surface area (Å²) in [5.74, 6) is -0.425. The monoisotopic (exact) mass is 484 g/mol. The highest BCUT2D eigenvalue weighted by Gasteiger charge is 2.51. The van der Waals surface area contributed by atoms with Gasteiger partial charge in [-0.05, 0) is 49.6 Å². The zero-order valence-corrected chi connectivity index (χ0v) is 22.2. The van der Waals surface area contributed by atoms with E-state index in [2.05, 4.69) is 40.4 Å². The minimum atomic E-state index is -1.61. The van der Waals surface area contributed by atoms with Gasteiger partial charge in [0.2, 0.25) is 0 Å². The Kier molecular flexibility index (Phi) is 7.52. The Morgan fingerprint density at radius 2 is 1.79 bits per heavy atom. The lowest BCUT2D eigenvalue weighted by Crippen LogP contribution is -2.50. The molecule has 0 unspecified atom stereocenters. The molecule has 3 amide bonds. The molecule has 2 atom stereocenters. The van der Waals surface area contributed by atoms with Crippen molar-refractivity contribution in [2.24, 2.45) is 11.3 Å². The SMILES string of the molecule is C=CCOC(=O)N1C[C@@H](C(C)(C)C)C[C@@]1(/C=C(\C)CN1C(=O)c2ccccc2C1=O)O[SiH](C)C. The Hall–Kier alpha value is -2.71. The molecule has 8 heteroatoms. The largest absolute Gasteiger partial charge is 0.445 e. The van der Waals surface area contributed by atoms with E-state index in [1.807, 2.05) is 13.0 Å². The lowest BCUT2D eigenvalue weighted by molar-refractivity contribution is -0.0139. The zero-order chi connectivity index (χ0) is 25.3. The number of ether oxygens (including phenoxy) is 1. The maximum Gasteiger partial charge on any atom is 0.412 e. The molecule has 1 saturated heterocycles. The summed E-state index contributed by atoms with van der Waals surface area (Å²) in [4.78, 5) is 41.8. The number of hydrogen-bond acceptors (Lipinski definition) is 5. The van der Waals surface area contributed by atoms with Crippen molar-refractivity contribution in [1.82, 2.24) is 9.80 Å². The van der Waals surface area contributed by atoms with Gasteiger partial charge in [-0.3, -0.25) is 19.4 Å². The van der Waals surface area contributed by atoms with Crippen molar-refractivity contribution in [2.75, 3.05) is 19.7 Å². The van der Waals surface area contributed by atoms with E-state index in [0.717, 1.165) is 5.57 Å². The molecule has 0 spiro atoms. The van der Waals surface area contributed by atoms with Crippen molar-refractivity contribution >= 4 is 26.9 Å². The molecule has 184 valence electrons. The lowest BCUT2D eigenvalue weighted by atomic mass is 9.79. The first kappa shape index (κ1) is 25.9. The highest BCUT2D eigenvalue weighted by molar-refractivity contribution is 6.48. The molecule has 0 N–H and O–H groups in total. The van der Waals surface area contributed by atoms with Crippen LogP contribution in [0.15, 0.2) is 48.6 Å². The van der Waals surface area contributed by atoms with Gasteiger partial charge in [-0.15, -0.1) is 0 Å². The summed E-state index contributed by atoms with van der Waals surface area (Å²) in [7, 11) is -1.61. The van der Waals surface area contributed by atoms with Crippen LogP contribution in [0.25, 0.3) is 0 Å². The number of benzene rings is 1. The average molecular weight is 485 g/mol. The molecular weight excluding hydrogens is 448 g/mol. The number of imide groups is 1. The van der Waals surface area contributed by atoms with Gasteiger partial charge < -0.3 is 9.16 Å². The number of likely N-dealkylation sites (tertiary alicyclic amines) is 1. The molecule has 2 aliphatic heterocycles. The third kappa shape index (κ3) is 5.18. The number of carbonyl (C=O) groups is 3. The molecule has 1 aromatic carbocycles. The van der Waals surface area contributed by atoms with E-state index in [9.17, 15) is 14.4 Å². The molecule has 0 bridgehead atoms. The first-order valence-electron chi connectivity index (χ1n) is 11.8. The van der Waals surface area contributed by atoms with Crippen molar-refractivity contribution in [3.63, 3.8) is 0 Å². The Morgan fingerprint density at radius 1 is 1.21 bits per heavy atom. The fraction of sp³-hybridized carbons (Fsp3) is 0.500. The van der Waals surface area contributed by atoms with Crippen molar-refractivity contribution in [3.05, 3.63) is 59.7 Å². The van der Waals surface area contributed by atoms with Gasteiger partial charge >= 0.3 is 6.09 Å². The highest BCUT2D eigenvalue weighted by Crippen LogP contribution is 2.45. The smallest absolute Gasteiger partial charge is 0.412 e. The van der Waals surface area contributed by atoms with Gasteiger partial charge in [0.15, 0.2) is 14.8 Å². The maximum atomic E-state index is 13.1. The fourth-order valence-corrected chi connectivity index (χ4v) is 5.78. The van der Waals surface area contributed by atoms with E-state index in [4.69, 9.17) is 9.16 Å². The number of rotatable bonds is 7. The first-order valence-corrected chi connectivity index (χ1v) is 14.5. The van der Waals surface area contributed by atoms with Gasteiger partial charge in [-0.1, -0.05) is 51.1 Å². The van der Waals surface area contributed by atoms with Crippen molar-refractivity contribution in [1.29, 1.82) is 0 Å². The van der Waals surface area contributed by atoms with Crippen LogP contribution in [0, 0.1) is 11.3 Å². The molecular formula is C26H36N2O5Si. The number of fused-ring (bicyclic) bond motifs is 1. The van der Waals surface area contributed by atoms with Crippen molar-refractivity contribution < 1.29 is 23.5 Å². The predicted octanol–water partition coefficient (Wildman–Crippen LogP) is 4.62. The van der Waals surface area contributed by atoms with Crippen LogP contribution in [0.3, 0.4) is 0 Å². The molecule has 0 radical (unpaired) electrons. The zero-order valence-electron chi connectivity index (χ0n) is 21.1. The summed E-state index contributed by atoms with van der Waals surface area (Å²) < 4.78 is 12.0. The quantitative estimate of drug-likeness (QED) is 0.321. The first-order chi connectivity index (χ1) is 15.9. The summed E-state index contributed by atoms with van der Waals surface area (Å²) >= 11 is 0. The molecule has 2 aliphatic rings. The molecule has 0 aliphatic carbocycles. The van der Waals surface area contributed by atoms with E-state index in [1.165, 1.54) is 11.0 Å². The van der Waals surface area contributed by atoms with Gasteiger partial charge in [0.05, 0.1) is 17.7 Å². The van der Waals surface area contributed by atoms with Crippen LogP contribution in [0.1, 0.15) is 54.8 Å². The maximum absolute atomic E-state index is 13.1. The summed E-state index contributed by atoms with van der Waals surface area (Å²) in [6.45, 7) is 16.8. The highest BCUT2D eigenvalue weighted by atomic mass is 28.3. The number of nitrogens with zero attached hydrogens (tertiary/aromatic N) is 2. The minimum Gasteiger partial charge on any atom is -0.445 e. The van der Waals surface area contributed by atoms with Crippen LogP contribution in [-0.2, 0) is 9.16 Å². The van der Waals surface area contributed by atoms with Crippen LogP contribution in [0.4, 0.5) is 4.79 Å². The molecule has 34 heavy (non-hydrogen) atoms. The molecule has 1 aromatic rings. The van der Waals surface area contributed by atoms with E-state index in [-0.39, 0.29) is 36.3 Å². The van der Waals surface area contributed by atoms with E-state index >= 15 is 0 Å². The molecule has 0 aromatic heterocycles. The second kappa shape index (κ2) is 9.88. The van der Waals surface area contributed by atoms with E-state index in [1.54, 1.807) is 29.2 Å². The van der Waals surface area contributed by atoms with Crippen LogP contribution in [-0.4, -0.2) is 62.2 Å². The Bertz CT molecular complexity index is 978. The summed E-state index contributed by atoms with van der Waals surface area (Å²) in [6, 6.07) is 6.85. The fourth-order valence-electron chi connectivity index (χ4n) is 4.67. The normalized spacial score (nSPS) is 23.0. The van der Waals surface area contributed by atoms with Crippen LogP contribution >= 0.6 is 0 Å². The van der Waals surface area contributed by atoms with Gasteiger partial charge in [-0.25, -0.2) is 4.79 Å². The Balaban J connectivity index is 1.96. The topological polar surface area (TPSA) is 76.2 Å². The molecule has 2 heterocycles. The second-order valence-corrected chi connectivity index (χ2v) is 12.8. The van der Waals surface area contributed by atoms with Crippen molar-refractivity contribution in [3.8, 4) is 0 Å². The van der Waals surface area contributed by atoms with Crippen molar-refractivity contribution in [2.45, 2.75) is 52.9 Å². The molecule has 0 saturated carbocycles. The van der Waals surface area contributed by atoms with Crippen LogP contribution < -0.4 is 0 Å². The standard InChI is InChI=1S/C26H36N2O5Si/c1-8-13-32-24(31)28-17-19(25(3,4)5)15-26(28,33-34(6)7)14-18(2)16-27-22(29)20-11-9-10-12-21(20)23(27)30/h8-12,14,19,34H,1,13,15-17H2,2-7H3/b18-14+/t19-,26+/m0/s1. The van der Waals surface area contributed by atoms with Gasteiger partial charge in [-0.2, -0.15) is 0 Å². The molecule has 3 rings (SSSR count). The second-order valence-electron chi connectivity index (χ2n) is 10.5. The average Bonchev–Trinajstić information content (AvgIpc) is 3.23. The number of amides is 3. The predicted molar refractivity (Wildman–Crippen MR) is 134 cm³/mol. The Morgan fingerprint density at radius 3 is 2.29 bits per heavy atom. The van der Waals surface area contributed by atoms with Gasteiger partial charge in [0.1, 0.15) is 6.61 Å². The van der Waals surface area contributed by atoms with Crippen LogP contribution in [0.2, 0.25) is 13.1 Å². The van der Waals surface area contributed by atoms with Gasteiger partial charge in [0, 0.05) is 13.0 Å². The Labute approximate surface area is 204 Å². The van der Waals surface area contributed by atoms with E-state index < -0.39 is 20.9 Å². The van der Waals surface area contributed by atoms with E-state index in [0.29, 0.717) is 24.1 Å². The summed E-state index contributed by atoms with van der Waals surface area (Å²) in [5.41, 5.74) is 0.582. The lowest BCUT2D eigenvalue weighted by Gasteiger charge is -2.38. The van der Waals surface area contributed by atoms with Gasteiger partial charge in [0.25, 0.3) is 11.8 Å². The molecule has 7 nitrogen and oxygen atoms in total. The summed E-state index contributed by atoms with van der Waals surface area (Å²) in [6.07, 6.45) is 3.62.